The van der Waals surface area contributed by atoms with Gasteiger partial charge in [0.05, 0.1) is 6.04 Å². The highest BCUT2D eigenvalue weighted by Gasteiger charge is 2.50. The summed E-state index contributed by atoms with van der Waals surface area (Å²) in [4.78, 5) is 8.10. The molecule has 8 rings (SSSR count). The Kier molecular flexibility index (Phi) is 9.37. The Balaban J connectivity index is 1.33. The monoisotopic (exact) mass is 688 g/mol. The third-order valence-corrected chi connectivity index (χ3v) is 13.4. The Morgan fingerprint density at radius 1 is 0.706 bits per heavy atom. The zero-order valence-corrected chi connectivity index (χ0v) is 31.2. The molecule has 258 valence electrons. The Hall–Kier alpha value is -4.55. The molecule has 5 aromatic carbocycles. The molecule has 1 aromatic heterocycles. The molecule has 51 heavy (non-hydrogen) atoms. The van der Waals surface area contributed by atoms with Crippen LogP contribution in [0.3, 0.4) is 0 Å². The van der Waals surface area contributed by atoms with Crippen molar-refractivity contribution in [1.29, 1.82) is 0 Å². The average molecular weight is 689 g/mol. The second-order valence-corrected chi connectivity index (χ2v) is 17.5. The number of hydrogen-bond acceptors (Lipinski definition) is 4. The van der Waals surface area contributed by atoms with Crippen LogP contribution in [0.25, 0.3) is 22.6 Å². The van der Waals surface area contributed by atoms with Crippen molar-refractivity contribution in [3.8, 4) is 22.6 Å². The zero-order chi connectivity index (χ0) is 34.8. The third kappa shape index (κ3) is 6.55. The zero-order valence-electron chi connectivity index (χ0n) is 30.1. The van der Waals surface area contributed by atoms with E-state index in [-0.39, 0.29) is 11.5 Å². The highest BCUT2D eigenvalue weighted by molar-refractivity contribution is 6.80. The van der Waals surface area contributed by atoms with Gasteiger partial charge in [0.2, 0.25) is 14.9 Å². The number of hydrogen-bond donors (Lipinski definition) is 0. The molecule has 2 atom stereocenters. The lowest BCUT2D eigenvalue weighted by molar-refractivity contribution is -0.143. The van der Waals surface area contributed by atoms with E-state index in [4.69, 9.17) is 13.8 Å². The first-order chi connectivity index (χ1) is 24.9. The number of oxazole rings is 1. The molecule has 1 saturated heterocycles. The van der Waals surface area contributed by atoms with Crippen LogP contribution in [0, 0.1) is 0 Å². The van der Waals surface area contributed by atoms with Crippen molar-refractivity contribution in [1.82, 2.24) is 9.88 Å². The first-order valence-electron chi connectivity index (χ1n) is 18.7. The van der Waals surface area contributed by atoms with Crippen molar-refractivity contribution in [2.75, 3.05) is 6.54 Å². The van der Waals surface area contributed by atoms with Crippen molar-refractivity contribution < 1.29 is 8.84 Å². The van der Waals surface area contributed by atoms with E-state index in [0.717, 1.165) is 73.5 Å². The van der Waals surface area contributed by atoms with Gasteiger partial charge >= 0.3 is 0 Å². The molecule has 0 spiro atoms. The number of piperidine rings is 1. The molecular weight excluding hydrogens is 641 g/mol. The third-order valence-electron chi connectivity index (χ3n) is 10.8. The average Bonchev–Trinajstić information content (AvgIpc) is 3.63. The van der Waals surface area contributed by atoms with Gasteiger partial charge in [0, 0.05) is 23.2 Å². The molecular formula is C46H48N2O2Si. The molecule has 6 aromatic rings. The Labute approximate surface area is 304 Å². The maximum atomic E-state index is 8.04. The van der Waals surface area contributed by atoms with E-state index in [1.54, 1.807) is 0 Å². The lowest BCUT2D eigenvalue weighted by Gasteiger charge is -2.53. The summed E-state index contributed by atoms with van der Waals surface area (Å²) in [5.41, 5.74) is 6.59. The molecule has 2 heterocycles. The Morgan fingerprint density at radius 3 is 1.94 bits per heavy atom. The molecule has 1 aliphatic carbocycles. The van der Waals surface area contributed by atoms with Gasteiger partial charge in [-0.25, -0.2) is 4.98 Å². The van der Waals surface area contributed by atoms with E-state index in [2.05, 4.69) is 165 Å². The maximum absolute atomic E-state index is 8.04. The minimum Gasteiger partial charge on any atom is -0.438 e. The van der Waals surface area contributed by atoms with E-state index < -0.39 is 14.8 Å². The fourth-order valence-corrected chi connectivity index (χ4v) is 11.1. The van der Waals surface area contributed by atoms with Crippen molar-refractivity contribution in [3.63, 3.8) is 0 Å². The van der Waals surface area contributed by atoms with Crippen LogP contribution < -0.4 is 10.4 Å². The number of fused-ring (bicyclic) bond motifs is 1. The van der Waals surface area contributed by atoms with Crippen LogP contribution in [0.2, 0.25) is 0 Å². The number of rotatable bonds is 8. The molecule has 0 amide bonds. The molecule has 0 bridgehead atoms. The summed E-state index contributed by atoms with van der Waals surface area (Å²) in [5.74, 6) is 1.62. The summed E-state index contributed by atoms with van der Waals surface area (Å²) >= 11 is 0. The summed E-state index contributed by atoms with van der Waals surface area (Å²) in [6.07, 6.45) is 6.23. The van der Waals surface area contributed by atoms with Crippen LogP contribution in [-0.2, 0) is 22.0 Å². The van der Waals surface area contributed by atoms with Gasteiger partial charge in [0.25, 0.3) is 0 Å². The molecule has 5 heteroatoms. The van der Waals surface area contributed by atoms with Gasteiger partial charge in [0.1, 0.15) is 11.4 Å². The second-order valence-electron chi connectivity index (χ2n) is 15.2. The van der Waals surface area contributed by atoms with E-state index in [1.165, 1.54) is 27.1 Å². The van der Waals surface area contributed by atoms with Gasteiger partial charge in [-0.3, -0.25) is 4.90 Å². The summed E-state index contributed by atoms with van der Waals surface area (Å²) in [6.45, 7) is 7.95. The van der Waals surface area contributed by atoms with Gasteiger partial charge in [0.15, 0.2) is 5.76 Å². The van der Waals surface area contributed by atoms with Crippen molar-refractivity contribution in [2.45, 2.75) is 76.5 Å². The van der Waals surface area contributed by atoms with E-state index in [1.807, 2.05) is 0 Å². The minimum atomic E-state index is -2.19. The van der Waals surface area contributed by atoms with E-state index in [0.29, 0.717) is 0 Å². The Bertz CT molecular complexity index is 1960. The van der Waals surface area contributed by atoms with Gasteiger partial charge in [-0.05, 0) is 59.0 Å². The topological polar surface area (TPSA) is 38.5 Å². The summed E-state index contributed by atoms with van der Waals surface area (Å²) < 4.78 is 15.0. The smallest absolute Gasteiger partial charge is 0.242 e. The number of benzene rings is 5. The standard InChI is InChI=1S/C46H48N2O2Si/c1-45(2,3)39-29-18-30-40-38(39)28-19-32-46(40,50-51(36-24-12-6-13-25-36)37-26-14-7-15-27-37)48-33-17-16-31-41(48)44-47-42(34-20-8-4-9-21-34)43(49-44)35-22-10-5-11-23-35/h4-15,18,20-27,29-30,41,51H,16-17,19,28,31-33H2,1-3H3. The van der Waals surface area contributed by atoms with Crippen molar-refractivity contribution in [3.05, 3.63) is 162 Å². The minimum absolute atomic E-state index is 0.0170. The fourth-order valence-electron chi connectivity index (χ4n) is 8.51. The van der Waals surface area contributed by atoms with Crippen LogP contribution in [0.1, 0.15) is 81.5 Å². The molecule has 1 fully saturated rings. The van der Waals surface area contributed by atoms with Crippen LogP contribution in [0.15, 0.2) is 144 Å². The van der Waals surface area contributed by atoms with Crippen LogP contribution >= 0.6 is 0 Å². The van der Waals surface area contributed by atoms with Gasteiger partial charge in [-0.2, -0.15) is 0 Å². The SMILES string of the molecule is CC(C)(C)c1cccc2c1CCCC2(O[SiH](c1ccccc1)c1ccccc1)N1CCCCC1c1nc(-c2ccccc2)c(-c2ccccc2)o1. The van der Waals surface area contributed by atoms with Crippen LogP contribution in [-0.4, -0.2) is 25.5 Å². The molecule has 2 unspecified atom stereocenters. The summed E-state index contributed by atoms with van der Waals surface area (Å²) in [6, 6.07) is 49.9. The lowest BCUT2D eigenvalue weighted by atomic mass is 9.74. The van der Waals surface area contributed by atoms with Crippen LogP contribution in [0.5, 0.6) is 0 Å². The highest BCUT2D eigenvalue weighted by atomic mass is 28.3. The van der Waals surface area contributed by atoms with Crippen molar-refractivity contribution >= 4 is 19.4 Å². The molecule has 0 N–H and O–H groups in total. The fraction of sp³-hybridized carbons (Fsp3) is 0.283. The normalized spacial score (nSPS) is 19.6. The number of nitrogens with zero attached hydrogens (tertiary/aromatic N) is 2. The molecule has 4 nitrogen and oxygen atoms in total. The predicted molar refractivity (Wildman–Crippen MR) is 211 cm³/mol. The van der Waals surface area contributed by atoms with Gasteiger partial charge < -0.3 is 8.84 Å². The molecule has 1 aliphatic heterocycles. The maximum Gasteiger partial charge on any atom is 0.242 e. The quantitative estimate of drug-likeness (QED) is 0.149. The van der Waals surface area contributed by atoms with Gasteiger partial charge in [-0.1, -0.05) is 167 Å². The summed E-state index contributed by atoms with van der Waals surface area (Å²) in [7, 11) is -2.19. The molecule has 0 radical (unpaired) electrons. The lowest BCUT2D eigenvalue weighted by Crippen LogP contribution is -2.60. The van der Waals surface area contributed by atoms with Crippen molar-refractivity contribution in [2.24, 2.45) is 0 Å². The van der Waals surface area contributed by atoms with Crippen LogP contribution in [0.4, 0.5) is 0 Å². The van der Waals surface area contributed by atoms with E-state index in [9.17, 15) is 0 Å². The first kappa shape index (κ1) is 33.6. The molecule has 0 saturated carbocycles. The first-order valence-corrected chi connectivity index (χ1v) is 20.3. The molecule has 2 aliphatic rings. The van der Waals surface area contributed by atoms with E-state index >= 15 is 0 Å². The second kappa shape index (κ2) is 14.2. The number of likely N-dealkylation sites (tertiary alicyclic amines) is 1. The highest BCUT2D eigenvalue weighted by Crippen LogP contribution is 2.50. The summed E-state index contributed by atoms with van der Waals surface area (Å²) in [5, 5.41) is 2.59. The largest absolute Gasteiger partial charge is 0.438 e. The van der Waals surface area contributed by atoms with Gasteiger partial charge in [-0.15, -0.1) is 0 Å². The number of aromatic nitrogens is 1. The predicted octanol–water partition coefficient (Wildman–Crippen LogP) is 9.58. The Morgan fingerprint density at radius 2 is 1.31 bits per heavy atom.